The highest BCUT2D eigenvalue weighted by molar-refractivity contribution is 5.29. The van der Waals surface area contributed by atoms with Gasteiger partial charge in [0.15, 0.2) is 0 Å². The lowest BCUT2D eigenvalue weighted by Gasteiger charge is -2.16. The Labute approximate surface area is 100 Å². The van der Waals surface area contributed by atoms with Gasteiger partial charge in [-0.25, -0.2) is 0 Å². The van der Waals surface area contributed by atoms with Crippen molar-refractivity contribution in [3.63, 3.8) is 0 Å². The van der Waals surface area contributed by atoms with Crippen molar-refractivity contribution in [3.8, 4) is 0 Å². The van der Waals surface area contributed by atoms with Gasteiger partial charge in [0.2, 0.25) is 0 Å². The third-order valence-electron chi connectivity index (χ3n) is 3.39. The number of fused-ring (bicyclic) bond motifs is 1. The fourth-order valence-corrected chi connectivity index (χ4v) is 2.55. The first-order valence-corrected chi connectivity index (χ1v) is 6.07. The van der Waals surface area contributed by atoms with Crippen LogP contribution in [0.15, 0.2) is 24.7 Å². The summed E-state index contributed by atoms with van der Waals surface area (Å²) in [4.78, 5) is 0. The van der Waals surface area contributed by atoms with Crippen LogP contribution in [0.3, 0.4) is 0 Å². The normalized spacial score (nSPS) is 19.3. The van der Waals surface area contributed by atoms with Crippen molar-refractivity contribution in [2.24, 2.45) is 7.05 Å². The van der Waals surface area contributed by atoms with E-state index in [1.54, 1.807) is 0 Å². The summed E-state index contributed by atoms with van der Waals surface area (Å²) in [6.45, 7) is 0.778. The first-order chi connectivity index (χ1) is 8.22. The van der Waals surface area contributed by atoms with E-state index < -0.39 is 0 Å². The van der Waals surface area contributed by atoms with Gasteiger partial charge in [0.25, 0.3) is 0 Å². The second-order valence-corrected chi connectivity index (χ2v) is 4.80. The topological polar surface area (TPSA) is 43.0 Å². The summed E-state index contributed by atoms with van der Waals surface area (Å²) in [5, 5.41) is 14.3. The van der Waals surface area contributed by atoms with E-state index in [2.05, 4.69) is 22.1 Å². The SMILES string of the molecule is Cn1ccc(Cn2cc3c(c2)C(O)CCC3)n1. The van der Waals surface area contributed by atoms with Gasteiger partial charge in [-0.05, 0) is 30.9 Å². The number of aliphatic hydroxyl groups excluding tert-OH is 1. The molecule has 90 valence electrons. The van der Waals surface area contributed by atoms with Gasteiger partial charge in [0.05, 0.1) is 18.3 Å². The first-order valence-electron chi connectivity index (χ1n) is 6.07. The summed E-state index contributed by atoms with van der Waals surface area (Å²) in [5.74, 6) is 0. The summed E-state index contributed by atoms with van der Waals surface area (Å²) in [5.41, 5.74) is 3.45. The molecule has 0 saturated carbocycles. The van der Waals surface area contributed by atoms with Gasteiger partial charge in [-0.3, -0.25) is 4.68 Å². The Bertz CT molecular complexity index is 527. The Morgan fingerprint density at radius 3 is 3.06 bits per heavy atom. The molecule has 0 aromatic carbocycles. The van der Waals surface area contributed by atoms with Gasteiger partial charge in [-0.15, -0.1) is 0 Å². The van der Waals surface area contributed by atoms with Gasteiger partial charge in [0, 0.05) is 31.2 Å². The van der Waals surface area contributed by atoms with Gasteiger partial charge in [-0.2, -0.15) is 5.10 Å². The van der Waals surface area contributed by atoms with Crippen molar-refractivity contribution < 1.29 is 5.11 Å². The molecule has 0 radical (unpaired) electrons. The minimum Gasteiger partial charge on any atom is -0.388 e. The van der Waals surface area contributed by atoms with Crippen LogP contribution in [0, 0.1) is 0 Å². The fraction of sp³-hybridized carbons (Fsp3) is 0.462. The van der Waals surface area contributed by atoms with E-state index in [1.807, 2.05) is 24.0 Å². The molecule has 2 heterocycles. The van der Waals surface area contributed by atoms with Crippen LogP contribution in [-0.4, -0.2) is 19.5 Å². The average molecular weight is 231 g/mol. The van der Waals surface area contributed by atoms with Gasteiger partial charge in [-0.1, -0.05) is 0 Å². The standard InChI is InChI=1S/C13H17N3O/c1-15-6-5-11(14-15)8-16-7-10-3-2-4-13(17)12(10)9-16/h5-7,9,13,17H,2-4,8H2,1H3. The van der Waals surface area contributed by atoms with E-state index >= 15 is 0 Å². The molecule has 0 saturated heterocycles. The van der Waals surface area contributed by atoms with Crippen LogP contribution in [0.25, 0.3) is 0 Å². The van der Waals surface area contributed by atoms with E-state index in [1.165, 1.54) is 5.56 Å². The van der Waals surface area contributed by atoms with Crippen LogP contribution in [0.4, 0.5) is 0 Å². The zero-order valence-corrected chi connectivity index (χ0v) is 10.0. The molecule has 2 aromatic heterocycles. The molecule has 1 N–H and O–H groups in total. The molecule has 0 spiro atoms. The summed E-state index contributed by atoms with van der Waals surface area (Å²) < 4.78 is 3.94. The molecule has 4 heteroatoms. The Morgan fingerprint density at radius 2 is 2.35 bits per heavy atom. The third kappa shape index (κ3) is 2.00. The number of hydrogen-bond acceptors (Lipinski definition) is 2. The van der Waals surface area contributed by atoms with E-state index in [0.29, 0.717) is 0 Å². The van der Waals surface area contributed by atoms with Crippen molar-refractivity contribution in [2.45, 2.75) is 31.9 Å². The lowest BCUT2D eigenvalue weighted by Crippen LogP contribution is -2.05. The molecule has 1 aliphatic carbocycles. The molecule has 2 aromatic rings. The molecule has 4 nitrogen and oxygen atoms in total. The summed E-state index contributed by atoms with van der Waals surface area (Å²) >= 11 is 0. The summed E-state index contributed by atoms with van der Waals surface area (Å²) in [7, 11) is 1.92. The highest BCUT2D eigenvalue weighted by Crippen LogP contribution is 2.30. The number of aliphatic hydroxyl groups is 1. The first kappa shape index (κ1) is 10.6. The van der Waals surface area contributed by atoms with Gasteiger partial charge < -0.3 is 9.67 Å². The Hall–Kier alpha value is -1.55. The molecule has 1 unspecified atom stereocenters. The minimum absolute atomic E-state index is 0.274. The molecule has 0 bridgehead atoms. The summed E-state index contributed by atoms with van der Waals surface area (Å²) in [6.07, 6.45) is 8.95. The van der Waals surface area contributed by atoms with Crippen LogP contribution in [0.2, 0.25) is 0 Å². The van der Waals surface area contributed by atoms with Crippen LogP contribution >= 0.6 is 0 Å². The Balaban J connectivity index is 1.85. The molecule has 1 aliphatic rings. The van der Waals surface area contributed by atoms with Crippen LogP contribution in [0.5, 0.6) is 0 Å². The maximum absolute atomic E-state index is 9.91. The molecule has 17 heavy (non-hydrogen) atoms. The van der Waals surface area contributed by atoms with E-state index in [4.69, 9.17) is 0 Å². The molecule has 1 atom stereocenters. The molecular weight excluding hydrogens is 214 g/mol. The highest BCUT2D eigenvalue weighted by atomic mass is 16.3. The zero-order chi connectivity index (χ0) is 11.8. The van der Waals surface area contributed by atoms with Gasteiger partial charge in [0.1, 0.15) is 0 Å². The quantitative estimate of drug-likeness (QED) is 0.853. The number of hydrogen-bond donors (Lipinski definition) is 1. The van der Waals surface area contributed by atoms with Crippen molar-refractivity contribution in [1.29, 1.82) is 0 Å². The van der Waals surface area contributed by atoms with Crippen molar-refractivity contribution in [2.75, 3.05) is 0 Å². The maximum Gasteiger partial charge on any atom is 0.0821 e. The van der Waals surface area contributed by atoms with Crippen molar-refractivity contribution in [3.05, 3.63) is 41.5 Å². The van der Waals surface area contributed by atoms with Gasteiger partial charge >= 0.3 is 0 Å². The molecule has 0 fully saturated rings. The maximum atomic E-state index is 9.91. The van der Waals surface area contributed by atoms with E-state index in [0.717, 1.165) is 37.1 Å². The fourth-order valence-electron chi connectivity index (χ4n) is 2.55. The average Bonchev–Trinajstić information content (AvgIpc) is 2.86. The predicted octanol–water partition coefficient (Wildman–Crippen LogP) is 1.64. The van der Waals surface area contributed by atoms with Crippen molar-refractivity contribution >= 4 is 0 Å². The van der Waals surface area contributed by atoms with Crippen LogP contribution in [-0.2, 0) is 20.0 Å². The second kappa shape index (κ2) is 4.04. The predicted molar refractivity (Wildman–Crippen MR) is 64.6 cm³/mol. The number of aromatic nitrogens is 3. The largest absolute Gasteiger partial charge is 0.388 e. The van der Waals surface area contributed by atoms with Crippen molar-refractivity contribution in [1.82, 2.24) is 14.3 Å². The molecule has 3 rings (SSSR count). The number of rotatable bonds is 2. The molecule has 0 amide bonds. The third-order valence-corrected chi connectivity index (χ3v) is 3.39. The smallest absolute Gasteiger partial charge is 0.0821 e. The lowest BCUT2D eigenvalue weighted by atomic mass is 9.93. The van der Waals surface area contributed by atoms with E-state index in [9.17, 15) is 5.11 Å². The minimum atomic E-state index is -0.274. The van der Waals surface area contributed by atoms with E-state index in [-0.39, 0.29) is 6.10 Å². The number of nitrogens with zero attached hydrogens (tertiary/aromatic N) is 3. The number of aryl methyl sites for hydroxylation is 2. The Morgan fingerprint density at radius 1 is 1.47 bits per heavy atom. The monoisotopic (exact) mass is 231 g/mol. The van der Waals surface area contributed by atoms with Crippen LogP contribution in [0.1, 0.15) is 35.8 Å². The molecule has 0 aliphatic heterocycles. The lowest BCUT2D eigenvalue weighted by molar-refractivity contribution is 0.157. The highest BCUT2D eigenvalue weighted by Gasteiger charge is 2.19. The molecular formula is C13H17N3O. The second-order valence-electron chi connectivity index (χ2n) is 4.80. The Kier molecular flexibility index (Phi) is 2.52. The zero-order valence-electron chi connectivity index (χ0n) is 10.0. The van der Waals surface area contributed by atoms with Crippen LogP contribution < -0.4 is 0 Å². The summed E-state index contributed by atoms with van der Waals surface area (Å²) in [6, 6.07) is 2.02.